The molecule has 1 aromatic heterocycles. The highest BCUT2D eigenvalue weighted by atomic mass is 35.5. The standard InChI is InChI=1S/C19H24ClN5O2/c1-4-27-19(26)25-9-7-24(8-10-25)17-12-14(3)21-18(23-17)22-16-6-5-15(20)11-13(16)2/h5-6,11-12H,4,7-10H2,1-3H3,(H,21,22,23). The molecule has 0 unspecified atom stereocenters. The largest absolute Gasteiger partial charge is 0.450 e. The number of carbonyl (C=O) groups excluding carboxylic acids is 1. The van der Waals surface area contributed by atoms with Crippen molar-refractivity contribution in [1.29, 1.82) is 0 Å². The van der Waals surface area contributed by atoms with Gasteiger partial charge < -0.3 is 19.9 Å². The van der Waals surface area contributed by atoms with Gasteiger partial charge in [-0.15, -0.1) is 0 Å². The van der Waals surface area contributed by atoms with Crippen LogP contribution in [0.3, 0.4) is 0 Å². The topological polar surface area (TPSA) is 70.6 Å². The van der Waals surface area contributed by atoms with Crippen LogP contribution in [-0.2, 0) is 4.74 Å². The van der Waals surface area contributed by atoms with Crippen LogP contribution in [-0.4, -0.2) is 53.7 Å². The van der Waals surface area contributed by atoms with Crippen LogP contribution in [0.25, 0.3) is 0 Å². The molecule has 1 aliphatic heterocycles. The van der Waals surface area contributed by atoms with Gasteiger partial charge in [-0.3, -0.25) is 0 Å². The van der Waals surface area contributed by atoms with Gasteiger partial charge >= 0.3 is 6.09 Å². The molecule has 7 nitrogen and oxygen atoms in total. The van der Waals surface area contributed by atoms with E-state index in [1.54, 1.807) is 4.90 Å². The Morgan fingerprint density at radius 1 is 1.19 bits per heavy atom. The molecule has 0 saturated carbocycles. The fraction of sp³-hybridized carbons (Fsp3) is 0.421. The second-order valence-corrected chi connectivity index (χ2v) is 6.88. The van der Waals surface area contributed by atoms with Crippen LogP contribution in [0, 0.1) is 13.8 Å². The first kappa shape index (κ1) is 19.2. The molecule has 0 radical (unpaired) electrons. The van der Waals surface area contributed by atoms with Gasteiger partial charge in [0.2, 0.25) is 5.95 Å². The summed E-state index contributed by atoms with van der Waals surface area (Å²) in [6.45, 7) is 8.77. The number of hydrogen-bond acceptors (Lipinski definition) is 6. The molecule has 27 heavy (non-hydrogen) atoms. The molecule has 0 spiro atoms. The lowest BCUT2D eigenvalue weighted by Gasteiger charge is -2.34. The minimum absolute atomic E-state index is 0.253. The normalized spacial score (nSPS) is 14.2. The number of nitrogens with one attached hydrogen (secondary N) is 1. The van der Waals surface area contributed by atoms with Crippen molar-refractivity contribution in [2.75, 3.05) is 43.0 Å². The van der Waals surface area contributed by atoms with E-state index in [9.17, 15) is 4.79 Å². The molecule has 3 rings (SSSR count). The minimum atomic E-state index is -0.253. The van der Waals surface area contributed by atoms with Gasteiger partial charge in [-0.1, -0.05) is 11.6 Å². The van der Waals surface area contributed by atoms with E-state index < -0.39 is 0 Å². The Bertz CT molecular complexity index is 822. The number of nitrogens with zero attached hydrogens (tertiary/aromatic N) is 4. The molecule has 8 heteroatoms. The number of halogens is 1. The molecule has 1 aliphatic rings. The molecule has 0 bridgehead atoms. The molecule has 1 aromatic carbocycles. The van der Waals surface area contributed by atoms with Gasteiger partial charge in [0.25, 0.3) is 0 Å². The van der Waals surface area contributed by atoms with Gasteiger partial charge in [0.15, 0.2) is 0 Å². The Morgan fingerprint density at radius 2 is 1.93 bits per heavy atom. The predicted molar refractivity (Wildman–Crippen MR) is 107 cm³/mol. The van der Waals surface area contributed by atoms with Crippen molar-refractivity contribution in [3.05, 3.63) is 40.5 Å². The van der Waals surface area contributed by atoms with Gasteiger partial charge in [-0.25, -0.2) is 9.78 Å². The van der Waals surface area contributed by atoms with Crippen LogP contribution in [0.4, 0.5) is 22.2 Å². The summed E-state index contributed by atoms with van der Waals surface area (Å²) in [6, 6.07) is 7.61. The Hall–Kier alpha value is -2.54. The smallest absolute Gasteiger partial charge is 0.409 e. The first-order valence-electron chi connectivity index (χ1n) is 9.01. The number of carbonyl (C=O) groups is 1. The summed E-state index contributed by atoms with van der Waals surface area (Å²) in [6.07, 6.45) is -0.253. The second kappa shape index (κ2) is 8.43. The maximum Gasteiger partial charge on any atom is 0.409 e. The van der Waals surface area contributed by atoms with E-state index in [-0.39, 0.29) is 6.09 Å². The van der Waals surface area contributed by atoms with Crippen LogP contribution in [0.1, 0.15) is 18.2 Å². The Balaban J connectivity index is 1.71. The molecule has 2 heterocycles. The number of benzene rings is 1. The maximum atomic E-state index is 11.8. The van der Waals surface area contributed by atoms with Crippen LogP contribution in [0.15, 0.2) is 24.3 Å². The van der Waals surface area contributed by atoms with Gasteiger partial charge in [-0.05, 0) is 44.5 Å². The third-order valence-corrected chi connectivity index (χ3v) is 4.64. The van der Waals surface area contributed by atoms with E-state index in [0.717, 1.165) is 22.8 Å². The van der Waals surface area contributed by atoms with Crippen LogP contribution in [0.5, 0.6) is 0 Å². The maximum absolute atomic E-state index is 11.8. The molecule has 2 aromatic rings. The number of aryl methyl sites for hydroxylation is 2. The second-order valence-electron chi connectivity index (χ2n) is 6.45. The zero-order valence-electron chi connectivity index (χ0n) is 15.8. The van der Waals surface area contributed by atoms with Crippen molar-refractivity contribution in [1.82, 2.24) is 14.9 Å². The van der Waals surface area contributed by atoms with Crippen LogP contribution < -0.4 is 10.2 Å². The fourth-order valence-electron chi connectivity index (χ4n) is 2.99. The van der Waals surface area contributed by atoms with E-state index in [1.165, 1.54) is 0 Å². The molecular formula is C19H24ClN5O2. The molecule has 144 valence electrons. The summed E-state index contributed by atoms with van der Waals surface area (Å²) in [5.41, 5.74) is 2.82. The minimum Gasteiger partial charge on any atom is -0.450 e. The first-order valence-corrected chi connectivity index (χ1v) is 9.39. The monoisotopic (exact) mass is 389 g/mol. The SMILES string of the molecule is CCOC(=O)N1CCN(c2cc(C)nc(Nc3ccc(Cl)cc3C)n2)CC1. The average molecular weight is 390 g/mol. The van der Waals surface area contributed by atoms with Crippen molar-refractivity contribution in [3.8, 4) is 0 Å². The summed E-state index contributed by atoms with van der Waals surface area (Å²) in [7, 11) is 0. The van der Waals surface area contributed by atoms with E-state index in [0.29, 0.717) is 43.8 Å². The van der Waals surface area contributed by atoms with Crippen LogP contribution in [0.2, 0.25) is 5.02 Å². The van der Waals surface area contributed by atoms with Crippen molar-refractivity contribution in [2.45, 2.75) is 20.8 Å². The van der Waals surface area contributed by atoms with Crippen LogP contribution >= 0.6 is 11.6 Å². The molecular weight excluding hydrogens is 366 g/mol. The van der Waals surface area contributed by atoms with Crippen molar-refractivity contribution in [3.63, 3.8) is 0 Å². The zero-order valence-corrected chi connectivity index (χ0v) is 16.6. The van der Waals surface area contributed by atoms with Crippen molar-refractivity contribution >= 4 is 35.1 Å². The van der Waals surface area contributed by atoms with E-state index >= 15 is 0 Å². The lowest BCUT2D eigenvalue weighted by atomic mass is 10.2. The predicted octanol–water partition coefficient (Wildman–Crippen LogP) is 3.77. The Morgan fingerprint density at radius 3 is 2.59 bits per heavy atom. The number of hydrogen-bond donors (Lipinski definition) is 1. The summed E-state index contributed by atoms with van der Waals surface area (Å²) < 4.78 is 5.07. The lowest BCUT2D eigenvalue weighted by molar-refractivity contribution is 0.105. The quantitative estimate of drug-likeness (QED) is 0.858. The third kappa shape index (κ3) is 4.80. The van der Waals surface area contributed by atoms with Gasteiger partial charge in [-0.2, -0.15) is 4.98 Å². The highest BCUT2D eigenvalue weighted by Crippen LogP contribution is 2.24. The first-order chi connectivity index (χ1) is 13.0. The van der Waals surface area contributed by atoms with Crippen molar-refractivity contribution in [2.24, 2.45) is 0 Å². The average Bonchev–Trinajstić information content (AvgIpc) is 2.64. The molecule has 1 amide bonds. The molecule has 1 saturated heterocycles. The number of rotatable bonds is 4. The Labute approximate surface area is 164 Å². The summed E-state index contributed by atoms with van der Waals surface area (Å²) >= 11 is 6.02. The third-order valence-electron chi connectivity index (χ3n) is 4.41. The number of anilines is 3. The zero-order chi connectivity index (χ0) is 19.4. The number of amides is 1. The highest BCUT2D eigenvalue weighted by Gasteiger charge is 2.23. The Kier molecular flexibility index (Phi) is 6.01. The molecule has 0 atom stereocenters. The molecule has 0 aliphatic carbocycles. The van der Waals surface area contributed by atoms with Crippen molar-refractivity contribution < 1.29 is 9.53 Å². The summed E-state index contributed by atoms with van der Waals surface area (Å²) in [5.74, 6) is 1.39. The lowest BCUT2D eigenvalue weighted by Crippen LogP contribution is -2.49. The number of piperazine rings is 1. The molecule has 1 N–H and O–H groups in total. The van der Waals surface area contributed by atoms with E-state index in [4.69, 9.17) is 16.3 Å². The van der Waals surface area contributed by atoms with Gasteiger partial charge in [0.05, 0.1) is 6.61 Å². The molecule has 1 fully saturated rings. The fourth-order valence-corrected chi connectivity index (χ4v) is 3.22. The number of ether oxygens (including phenoxy) is 1. The van der Waals surface area contributed by atoms with E-state index in [1.807, 2.05) is 45.0 Å². The summed E-state index contributed by atoms with van der Waals surface area (Å²) in [5, 5.41) is 3.97. The van der Waals surface area contributed by atoms with E-state index in [2.05, 4.69) is 20.2 Å². The summed E-state index contributed by atoms with van der Waals surface area (Å²) in [4.78, 5) is 24.9. The van der Waals surface area contributed by atoms with Gasteiger partial charge in [0, 0.05) is 48.6 Å². The number of aromatic nitrogens is 2. The van der Waals surface area contributed by atoms with Gasteiger partial charge in [0.1, 0.15) is 5.82 Å². The highest BCUT2D eigenvalue weighted by molar-refractivity contribution is 6.30.